The van der Waals surface area contributed by atoms with Gasteiger partial charge in [0.2, 0.25) is 0 Å². The van der Waals surface area contributed by atoms with Crippen molar-refractivity contribution in [3.8, 4) is 0 Å². The van der Waals surface area contributed by atoms with Gasteiger partial charge in [0.25, 0.3) is 0 Å². The van der Waals surface area contributed by atoms with Gasteiger partial charge in [-0.3, -0.25) is 4.79 Å². The second kappa shape index (κ2) is 3.17. The molecular weight excluding hydrogens is 205 g/mol. The van der Waals surface area contributed by atoms with Gasteiger partial charge in [-0.1, -0.05) is 0 Å². The SMILES string of the molecule is Cc1cc(F)cc2[nH]c3c(c(=O)c12)CCC3. The lowest BCUT2D eigenvalue weighted by Crippen LogP contribution is -2.12. The average molecular weight is 217 g/mol. The lowest BCUT2D eigenvalue weighted by Gasteiger charge is -2.06. The number of aromatic amines is 1. The molecule has 0 radical (unpaired) electrons. The second-order valence-electron chi connectivity index (χ2n) is 4.41. The zero-order valence-corrected chi connectivity index (χ0v) is 9.06. The lowest BCUT2D eigenvalue weighted by atomic mass is 10.1. The van der Waals surface area contributed by atoms with Crippen molar-refractivity contribution in [2.45, 2.75) is 26.2 Å². The molecule has 0 fully saturated rings. The third-order valence-electron chi connectivity index (χ3n) is 3.30. The Morgan fingerprint density at radius 1 is 1.31 bits per heavy atom. The first-order chi connectivity index (χ1) is 7.66. The van der Waals surface area contributed by atoms with Crippen LogP contribution in [0.15, 0.2) is 16.9 Å². The summed E-state index contributed by atoms with van der Waals surface area (Å²) in [7, 11) is 0. The van der Waals surface area contributed by atoms with Gasteiger partial charge in [-0.25, -0.2) is 4.39 Å². The van der Waals surface area contributed by atoms with Gasteiger partial charge in [0.15, 0.2) is 5.43 Å². The number of rotatable bonds is 0. The quantitative estimate of drug-likeness (QED) is 0.722. The van der Waals surface area contributed by atoms with Crippen LogP contribution < -0.4 is 5.43 Å². The molecule has 0 atom stereocenters. The molecule has 2 nitrogen and oxygen atoms in total. The highest BCUT2D eigenvalue weighted by atomic mass is 19.1. The lowest BCUT2D eigenvalue weighted by molar-refractivity contribution is 0.628. The summed E-state index contributed by atoms with van der Waals surface area (Å²) in [6.07, 6.45) is 2.76. The van der Waals surface area contributed by atoms with Gasteiger partial charge in [-0.15, -0.1) is 0 Å². The predicted octanol–water partition coefficient (Wildman–Crippen LogP) is 2.46. The van der Waals surface area contributed by atoms with Crippen molar-refractivity contribution in [2.24, 2.45) is 0 Å². The van der Waals surface area contributed by atoms with Crippen molar-refractivity contribution in [1.82, 2.24) is 4.98 Å². The van der Waals surface area contributed by atoms with Crippen molar-refractivity contribution >= 4 is 10.9 Å². The largest absolute Gasteiger partial charge is 0.358 e. The van der Waals surface area contributed by atoms with Crippen LogP contribution in [-0.4, -0.2) is 4.98 Å². The normalized spacial score (nSPS) is 14.4. The summed E-state index contributed by atoms with van der Waals surface area (Å²) in [6.45, 7) is 1.78. The Balaban J connectivity index is 2.51. The number of benzene rings is 1. The molecule has 0 amide bonds. The molecule has 0 aliphatic heterocycles. The molecular formula is C13H12FNO. The zero-order chi connectivity index (χ0) is 11.3. The van der Waals surface area contributed by atoms with Crippen molar-refractivity contribution in [1.29, 1.82) is 0 Å². The molecule has 0 unspecified atom stereocenters. The first-order valence-electron chi connectivity index (χ1n) is 5.50. The van der Waals surface area contributed by atoms with Crippen LogP contribution >= 0.6 is 0 Å². The summed E-state index contributed by atoms with van der Waals surface area (Å²) >= 11 is 0. The third kappa shape index (κ3) is 1.21. The summed E-state index contributed by atoms with van der Waals surface area (Å²) in [5.41, 5.74) is 3.30. The summed E-state index contributed by atoms with van der Waals surface area (Å²) in [6, 6.07) is 2.82. The summed E-state index contributed by atoms with van der Waals surface area (Å²) in [4.78, 5) is 15.4. The fourth-order valence-electron chi connectivity index (χ4n) is 2.59. The highest BCUT2D eigenvalue weighted by molar-refractivity contribution is 5.83. The van der Waals surface area contributed by atoms with E-state index in [0.29, 0.717) is 16.5 Å². The molecule has 2 aromatic rings. The van der Waals surface area contributed by atoms with E-state index < -0.39 is 0 Å². The van der Waals surface area contributed by atoms with Crippen LogP contribution in [0.25, 0.3) is 10.9 Å². The maximum absolute atomic E-state index is 13.3. The fourth-order valence-corrected chi connectivity index (χ4v) is 2.59. The number of aryl methyl sites for hydroxylation is 2. The Kier molecular flexibility index (Phi) is 1.90. The third-order valence-corrected chi connectivity index (χ3v) is 3.30. The van der Waals surface area contributed by atoms with Crippen LogP contribution in [0.4, 0.5) is 4.39 Å². The maximum atomic E-state index is 13.3. The Morgan fingerprint density at radius 3 is 2.94 bits per heavy atom. The molecule has 3 rings (SSSR count). The summed E-state index contributed by atoms with van der Waals surface area (Å²) in [5, 5.41) is 0.641. The number of fused-ring (bicyclic) bond motifs is 2. The van der Waals surface area contributed by atoms with Crippen molar-refractivity contribution < 1.29 is 4.39 Å². The van der Waals surface area contributed by atoms with E-state index in [1.807, 2.05) is 0 Å². The molecule has 16 heavy (non-hydrogen) atoms. The first-order valence-corrected chi connectivity index (χ1v) is 5.50. The standard InChI is InChI=1S/C13H12FNO/c1-7-5-8(14)6-11-12(7)13(16)9-3-2-4-10(9)15-11/h5-6H,2-4H2,1H3,(H,15,16). The Bertz CT molecular complexity index is 642. The Labute approximate surface area is 92.1 Å². The van der Waals surface area contributed by atoms with E-state index in [1.165, 1.54) is 12.1 Å². The van der Waals surface area contributed by atoms with E-state index in [9.17, 15) is 9.18 Å². The second-order valence-corrected chi connectivity index (χ2v) is 4.41. The van der Waals surface area contributed by atoms with Crippen LogP contribution in [0.1, 0.15) is 23.2 Å². The van der Waals surface area contributed by atoms with Crippen molar-refractivity contribution in [3.63, 3.8) is 0 Å². The van der Waals surface area contributed by atoms with Crippen molar-refractivity contribution in [2.75, 3.05) is 0 Å². The fraction of sp³-hybridized carbons (Fsp3) is 0.308. The molecule has 0 saturated carbocycles. The highest BCUT2D eigenvalue weighted by Gasteiger charge is 2.18. The highest BCUT2D eigenvalue weighted by Crippen LogP contribution is 2.22. The molecule has 0 spiro atoms. The van der Waals surface area contributed by atoms with Gasteiger partial charge in [0, 0.05) is 16.6 Å². The molecule has 3 heteroatoms. The number of hydrogen-bond acceptors (Lipinski definition) is 1. The molecule has 1 aromatic carbocycles. The van der Waals surface area contributed by atoms with Crippen LogP contribution in [-0.2, 0) is 12.8 Å². The Hall–Kier alpha value is -1.64. The minimum absolute atomic E-state index is 0.0822. The molecule has 82 valence electrons. The van der Waals surface area contributed by atoms with Gasteiger partial charge in [-0.05, 0) is 43.9 Å². The first kappa shape index (κ1) is 9.58. The molecule has 1 aromatic heterocycles. The van der Waals surface area contributed by atoms with E-state index in [0.717, 1.165) is 30.5 Å². The van der Waals surface area contributed by atoms with Gasteiger partial charge in [0.1, 0.15) is 5.82 Å². The predicted molar refractivity (Wildman–Crippen MR) is 61.3 cm³/mol. The summed E-state index contributed by atoms with van der Waals surface area (Å²) < 4.78 is 13.3. The van der Waals surface area contributed by atoms with Crippen LogP contribution in [0.5, 0.6) is 0 Å². The van der Waals surface area contributed by atoms with Crippen molar-refractivity contribution in [3.05, 3.63) is 45.0 Å². The topological polar surface area (TPSA) is 32.9 Å². The van der Waals surface area contributed by atoms with Crippen LogP contribution in [0.2, 0.25) is 0 Å². The van der Waals surface area contributed by atoms with E-state index in [2.05, 4.69) is 4.98 Å². The number of pyridine rings is 1. The van der Waals surface area contributed by atoms with E-state index in [1.54, 1.807) is 6.92 Å². The smallest absolute Gasteiger partial charge is 0.193 e. The van der Waals surface area contributed by atoms with E-state index >= 15 is 0 Å². The van der Waals surface area contributed by atoms with Crippen LogP contribution in [0, 0.1) is 12.7 Å². The van der Waals surface area contributed by atoms with Gasteiger partial charge in [0.05, 0.1) is 5.52 Å². The van der Waals surface area contributed by atoms with Gasteiger partial charge >= 0.3 is 0 Å². The summed E-state index contributed by atoms with van der Waals surface area (Å²) in [5.74, 6) is -0.293. The van der Waals surface area contributed by atoms with Gasteiger partial charge < -0.3 is 4.98 Å². The average Bonchev–Trinajstić information content (AvgIpc) is 2.64. The van der Waals surface area contributed by atoms with Crippen LogP contribution in [0.3, 0.4) is 0 Å². The number of hydrogen-bond donors (Lipinski definition) is 1. The minimum Gasteiger partial charge on any atom is -0.358 e. The zero-order valence-electron chi connectivity index (χ0n) is 9.06. The van der Waals surface area contributed by atoms with E-state index in [4.69, 9.17) is 0 Å². The van der Waals surface area contributed by atoms with E-state index in [-0.39, 0.29) is 11.2 Å². The number of nitrogens with one attached hydrogen (secondary N) is 1. The minimum atomic E-state index is -0.293. The number of halogens is 1. The van der Waals surface area contributed by atoms with Gasteiger partial charge in [-0.2, -0.15) is 0 Å². The molecule has 1 heterocycles. The Morgan fingerprint density at radius 2 is 2.12 bits per heavy atom. The molecule has 1 N–H and O–H groups in total. The molecule has 0 bridgehead atoms. The number of aromatic nitrogens is 1. The molecule has 1 aliphatic carbocycles. The number of H-pyrrole nitrogens is 1. The maximum Gasteiger partial charge on any atom is 0.193 e. The monoisotopic (exact) mass is 217 g/mol. The molecule has 0 saturated heterocycles. The molecule has 1 aliphatic rings.